The highest BCUT2D eigenvalue weighted by atomic mass is 16.7. The van der Waals surface area contributed by atoms with E-state index in [0.717, 1.165) is 29.2 Å². The smallest absolute Gasteiger partial charge is 0.231 e. The van der Waals surface area contributed by atoms with Gasteiger partial charge in [0.25, 0.3) is 0 Å². The Morgan fingerprint density at radius 2 is 1.75 bits per heavy atom. The first-order chi connectivity index (χ1) is 9.76. The Balaban J connectivity index is 1.92. The van der Waals surface area contributed by atoms with Crippen molar-refractivity contribution in [3.05, 3.63) is 53.1 Å². The summed E-state index contributed by atoms with van der Waals surface area (Å²) >= 11 is 0. The average Bonchev–Trinajstić information content (AvgIpc) is 2.89. The quantitative estimate of drug-likeness (QED) is 0.847. The Kier molecular flexibility index (Phi) is 3.50. The molecule has 0 N–H and O–H groups in total. The van der Waals surface area contributed by atoms with E-state index in [-0.39, 0.29) is 6.79 Å². The lowest BCUT2D eigenvalue weighted by atomic mass is 10.0. The Hall–Kier alpha value is -2.16. The van der Waals surface area contributed by atoms with Crippen molar-refractivity contribution in [2.75, 3.05) is 13.4 Å². The fraction of sp³-hybridized carbons (Fsp3) is 0.294. The van der Waals surface area contributed by atoms with Crippen LogP contribution >= 0.6 is 0 Å². The summed E-state index contributed by atoms with van der Waals surface area (Å²) in [5, 5.41) is 0. The van der Waals surface area contributed by atoms with Crippen molar-refractivity contribution in [1.29, 1.82) is 0 Å². The Morgan fingerprint density at radius 3 is 2.45 bits per heavy atom. The molecule has 0 saturated carbocycles. The second-order valence-electron chi connectivity index (χ2n) is 4.91. The molecule has 0 fully saturated rings. The molecule has 3 heteroatoms. The Morgan fingerprint density at radius 1 is 1.05 bits per heavy atom. The topological polar surface area (TPSA) is 27.7 Å². The molecule has 0 spiro atoms. The molecule has 3 rings (SSSR count). The SMILES string of the molecule is CCOc1cc2c(cc1Cc1ccc(C)cc1)OCO2. The first-order valence-electron chi connectivity index (χ1n) is 6.87. The molecular formula is C17H18O3. The van der Waals surface area contributed by atoms with Gasteiger partial charge >= 0.3 is 0 Å². The standard InChI is InChI=1S/C17H18O3/c1-3-18-15-10-17-16(19-11-20-17)9-14(15)8-13-6-4-12(2)5-7-13/h4-7,9-10H,3,8,11H2,1-2H3. The summed E-state index contributed by atoms with van der Waals surface area (Å²) in [5.74, 6) is 2.44. The van der Waals surface area contributed by atoms with Crippen molar-refractivity contribution in [3.8, 4) is 17.2 Å². The lowest BCUT2D eigenvalue weighted by Gasteiger charge is -2.11. The second-order valence-corrected chi connectivity index (χ2v) is 4.91. The molecule has 2 aromatic rings. The van der Waals surface area contributed by atoms with Gasteiger partial charge in [0, 0.05) is 18.1 Å². The van der Waals surface area contributed by atoms with Gasteiger partial charge in [-0.3, -0.25) is 0 Å². The van der Waals surface area contributed by atoms with Crippen molar-refractivity contribution in [1.82, 2.24) is 0 Å². The van der Waals surface area contributed by atoms with Gasteiger partial charge in [0.1, 0.15) is 5.75 Å². The molecule has 0 unspecified atom stereocenters. The molecule has 0 aliphatic carbocycles. The van der Waals surface area contributed by atoms with Crippen LogP contribution < -0.4 is 14.2 Å². The average molecular weight is 270 g/mol. The maximum absolute atomic E-state index is 5.72. The van der Waals surface area contributed by atoms with Crippen LogP contribution in [0, 0.1) is 6.92 Å². The fourth-order valence-corrected chi connectivity index (χ4v) is 2.32. The molecule has 3 nitrogen and oxygen atoms in total. The molecule has 0 saturated heterocycles. The van der Waals surface area contributed by atoms with Crippen molar-refractivity contribution in [2.24, 2.45) is 0 Å². The number of ether oxygens (including phenoxy) is 3. The predicted molar refractivity (Wildman–Crippen MR) is 77.7 cm³/mol. The Bertz CT molecular complexity index is 602. The minimum Gasteiger partial charge on any atom is -0.493 e. The van der Waals surface area contributed by atoms with Gasteiger partial charge in [-0.1, -0.05) is 29.8 Å². The third-order valence-corrected chi connectivity index (χ3v) is 3.37. The van der Waals surface area contributed by atoms with Crippen LogP contribution in [0.5, 0.6) is 17.2 Å². The van der Waals surface area contributed by atoms with E-state index in [2.05, 4.69) is 31.2 Å². The third kappa shape index (κ3) is 2.57. The van der Waals surface area contributed by atoms with E-state index in [0.29, 0.717) is 6.61 Å². The molecule has 1 heterocycles. The highest BCUT2D eigenvalue weighted by molar-refractivity contribution is 5.53. The van der Waals surface area contributed by atoms with Gasteiger partial charge in [0.15, 0.2) is 11.5 Å². The molecule has 0 bridgehead atoms. The van der Waals surface area contributed by atoms with Crippen LogP contribution in [0.2, 0.25) is 0 Å². The van der Waals surface area contributed by atoms with E-state index in [9.17, 15) is 0 Å². The highest BCUT2D eigenvalue weighted by Crippen LogP contribution is 2.39. The normalized spacial score (nSPS) is 12.5. The molecule has 0 radical (unpaired) electrons. The number of fused-ring (bicyclic) bond motifs is 1. The maximum Gasteiger partial charge on any atom is 0.231 e. The number of aryl methyl sites for hydroxylation is 1. The van der Waals surface area contributed by atoms with E-state index in [1.807, 2.05) is 19.1 Å². The molecule has 1 aliphatic rings. The monoisotopic (exact) mass is 270 g/mol. The van der Waals surface area contributed by atoms with Gasteiger partial charge in [-0.05, 0) is 25.5 Å². The largest absolute Gasteiger partial charge is 0.493 e. The Labute approximate surface area is 119 Å². The van der Waals surface area contributed by atoms with Crippen LogP contribution in [0.4, 0.5) is 0 Å². The minimum atomic E-state index is 0.287. The summed E-state index contributed by atoms with van der Waals surface area (Å²) in [5.41, 5.74) is 3.65. The summed E-state index contributed by atoms with van der Waals surface area (Å²) in [6.45, 7) is 5.01. The van der Waals surface area contributed by atoms with Crippen LogP contribution in [-0.4, -0.2) is 13.4 Å². The molecule has 20 heavy (non-hydrogen) atoms. The van der Waals surface area contributed by atoms with Gasteiger partial charge in [-0.15, -0.1) is 0 Å². The molecule has 0 atom stereocenters. The van der Waals surface area contributed by atoms with E-state index in [4.69, 9.17) is 14.2 Å². The maximum atomic E-state index is 5.72. The number of hydrogen-bond acceptors (Lipinski definition) is 3. The van der Waals surface area contributed by atoms with Gasteiger partial charge in [0.05, 0.1) is 6.61 Å². The third-order valence-electron chi connectivity index (χ3n) is 3.37. The molecule has 2 aromatic carbocycles. The van der Waals surface area contributed by atoms with Crippen LogP contribution in [-0.2, 0) is 6.42 Å². The lowest BCUT2D eigenvalue weighted by Crippen LogP contribution is -1.98. The summed E-state index contributed by atoms with van der Waals surface area (Å²) in [7, 11) is 0. The number of benzene rings is 2. The van der Waals surface area contributed by atoms with Crippen molar-refractivity contribution < 1.29 is 14.2 Å². The lowest BCUT2D eigenvalue weighted by molar-refractivity contribution is 0.173. The van der Waals surface area contributed by atoms with Gasteiger partial charge in [-0.25, -0.2) is 0 Å². The van der Waals surface area contributed by atoms with E-state index in [1.54, 1.807) is 0 Å². The summed E-state index contributed by atoms with van der Waals surface area (Å²) in [6.07, 6.45) is 0.826. The van der Waals surface area contributed by atoms with E-state index >= 15 is 0 Å². The van der Waals surface area contributed by atoms with Crippen LogP contribution in [0.15, 0.2) is 36.4 Å². The predicted octanol–water partition coefficient (Wildman–Crippen LogP) is 3.71. The zero-order valence-electron chi connectivity index (χ0n) is 11.8. The van der Waals surface area contributed by atoms with Gasteiger partial charge in [0.2, 0.25) is 6.79 Å². The second kappa shape index (κ2) is 5.45. The van der Waals surface area contributed by atoms with Crippen molar-refractivity contribution in [3.63, 3.8) is 0 Å². The first kappa shape index (κ1) is 12.9. The minimum absolute atomic E-state index is 0.287. The first-order valence-corrected chi connectivity index (χ1v) is 6.87. The van der Waals surface area contributed by atoms with E-state index in [1.165, 1.54) is 11.1 Å². The summed E-state index contributed by atoms with van der Waals surface area (Å²) < 4.78 is 16.6. The zero-order chi connectivity index (χ0) is 13.9. The van der Waals surface area contributed by atoms with Crippen molar-refractivity contribution >= 4 is 0 Å². The van der Waals surface area contributed by atoms with Gasteiger partial charge in [-0.2, -0.15) is 0 Å². The summed E-state index contributed by atoms with van der Waals surface area (Å²) in [6, 6.07) is 12.5. The van der Waals surface area contributed by atoms with Crippen LogP contribution in [0.3, 0.4) is 0 Å². The molecule has 0 aromatic heterocycles. The number of hydrogen-bond donors (Lipinski definition) is 0. The van der Waals surface area contributed by atoms with E-state index < -0.39 is 0 Å². The number of rotatable bonds is 4. The summed E-state index contributed by atoms with van der Waals surface area (Å²) in [4.78, 5) is 0. The highest BCUT2D eigenvalue weighted by Gasteiger charge is 2.18. The molecule has 0 amide bonds. The molecular weight excluding hydrogens is 252 g/mol. The molecule has 104 valence electrons. The fourth-order valence-electron chi connectivity index (χ4n) is 2.32. The van der Waals surface area contributed by atoms with Crippen LogP contribution in [0.1, 0.15) is 23.6 Å². The van der Waals surface area contributed by atoms with Crippen molar-refractivity contribution in [2.45, 2.75) is 20.3 Å². The van der Waals surface area contributed by atoms with Crippen LogP contribution in [0.25, 0.3) is 0 Å². The molecule has 1 aliphatic heterocycles. The zero-order valence-corrected chi connectivity index (χ0v) is 11.8. The van der Waals surface area contributed by atoms with Gasteiger partial charge < -0.3 is 14.2 Å².